The average molecular weight is 249 g/mol. The maximum Gasteiger partial charge on any atom is 0.193 e. The van der Waals surface area contributed by atoms with Crippen LogP contribution in [0.3, 0.4) is 0 Å². The van der Waals surface area contributed by atoms with Gasteiger partial charge in [-0.15, -0.1) is 0 Å². The molecule has 0 radical (unpaired) electrons. The lowest BCUT2D eigenvalue weighted by Crippen LogP contribution is -1.99. The highest BCUT2D eigenvalue weighted by Gasteiger charge is 2.06. The lowest BCUT2D eigenvalue weighted by Gasteiger charge is -1.99. The fourth-order valence-corrected chi connectivity index (χ4v) is 1.62. The standard InChI is InChI=1S/C13H10O.C4H5N/c14-13(11-7-3-1-4-8-11)12-9-5-2-6-10-12;1-2-4-5-3-1/h1-10H;1-5H. The van der Waals surface area contributed by atoms with Gasteiger partial charge < -0.3 is 4.98 Å². The zero-order valence-corrected chi connectivity index (χ0v) is 10.5. The summed E-state index contributed by atoms with van der Waals surface area (Å²) in [4.78, 5) is 14.7. The van der Waals surface area contributed by atoms with Crippen LogP contribution in [0.5, 0.6) is 0 Å². The van der Waals surface area contributed by atoms with Gasteiger partial charge in [0.05, 0.1) is 0 Å². The van der Waals surface area contributed by atoms with Crippen molar-refractivity contribution in [3.8, 4) is 0 Å². The van der Waals surface area contributed by atoms with Gasteiger partial charge in [-0.1, -0.05) is 60.7 Å². The molecule has 19 heavy (non-hydrogen) atoms. The number of carbonyl (C=O) groups excluding carboxylic acids is 1. The number of hydrogen-bond acceptors (Lipinski definition) is 1. The van der Waals surface area contributed by atoms with Gasteiger partial charge in [0.1, 0.15) is 0 Å². The Bertz CT molecular complexity index is 527. The van der Waals surface area contributed by atoms with Gasteiger partial charge in [0.15, 0.2) is 5.78 Å². The van der Waals surface area contributed by atoms with E-state index in [-0.39, 0.29) is 5.78 Å². The highest BCUT2D eigenvalue weighted by molar-refractivity contribution is 6.08. The van der Waals surface area contributed by atoms with Gasteiger partial charge in [-0.05, 0) is 12.1 Å². The molecule has 2 nitrogen and oxygen atoms in total. The lowest BCUT2D eigenvalue weighted by atomic mass is 10.0. The fraction of sp³-hybridized carbons (Fsp3) is 0. The summed E-state index contributed by atoms with van der Waals surface area (Å²) in [6.07, 6.45) is 3.75. The van der Waals surface area contributed by atoms with Gasteiger partial charge in [0.25, 0.3) is 0 Å². The van der Waals surface area contributed by atoms with Crippen molar-refractivity contribution in [2.45, 2.75) is 0 Å². The monoisotopic (exact) mass is 249 g/mol. The van der Waals surface area contributed by atoms with E-state index in [9.17, 15) is 4.79 Å². The van der Waals surface area contributed by atoms with Crippen LogP contribution >= 0.6 is 0 Å². The van der Waals surface area contributed by atoms with Crippen molar-refractivity contribution in [3.05, 3.63) is 96.3 Å². The Morgan fingerprint density at radius 2 is 1.05 bits per heavy atom. The molecule has 0 fully saturated rings. The minimum Gasteiger partial charge on any atom is -0.368 e. The van der Waals surface area contributed by atoms with E-state index < -0.39 is 0 Å². The summed E-state index contributed by atoms with van der Waals surface area (Å²) in [7, 11) is 0. The first kappa shape index (κ1) is 12.8. The third-order valence-corrected chi connectivity index (χ3v) is 2.57. The van der Waals surface area contributed by atoms with Crippen LogP contribution in [0.15, 0.2) is 85.2 Å². The van der Waals surface area contributed by atoms with E-state index >= 15 is 0 Å². The van der Waals surface area contributed by atoms with Gasteiger partial charge in [0, 0.05) is 23.5 Å². The smallest absolute Gasteiger partial charge is 0.193 e. The number of benzene rings is 2. The Morgan fingerprint density at radius 1 is 0.632 bits per heavy atom. The van der Waals surface area contributed by atoms with Crippen molar-refractivity contribution in [2.24, 2.45) is 0 Å². The number of aromatic nitrogens is 1. The predicted octanol–water partition coefficient (Wildman–Crippen LogP) is 3.93. The van der Waals surface area contributed by atoms with Crippen molar-refractivity contribution in [1.82, 2.24) is 4.98 Å². The molecule has 1 aromatic heterocycles. The van der Waals surface area contributed by atoms with Crippen molar-refractivity contribution in [1.29, 1.82) is 0 Å². The SMILES string of the molecule is O=C(c1ccccc1)c1ccccc1.c1cc[nH]c1. The highest BCUT2D eigenvalue weighted by Crippen LogP contribution is 2.08. The van der Waals surface area contributed by atoms with Crippen LogP contribution in [0.2, 0.25) is 0 Å². The Hall–Kier alpha value is -2.61. The fourth-order valence-electron chi connectivity index (χ4n) is 1.62. The predicted molar refractivity (Wildman–Crippen MR) is 77.1 cm³/mol. The van der Waals surface area contributed by atoms with Crippen LogP contribution in [-0.4, -0.2) is 10.8 Å². The zero-order chi connectivity index (χ0) is 13.3. The summed E-state index contributed by atoms with van der Waals surface area (Å²) < 4.78 is 0. The third-order valence-electron chi connectivity index (χ3n) is 2.57. The highest BCUT2D eigenvalue weighted by atomic mass is 16.1. The van der Waals surface area contributed by atoms with E-state index in [4.69, 9.17) is 0 Å². The molecule has 94 valence electrons. The topological polar surface area (TPSA) is 32.9 Å². The first-order valence-electron chi connectivity index (χ1n) is 6.10. The molecule has 0 aliphatic carbocycles. The summed E-state index contributed by atoms with van der Waals surface area (Å²) in [6.45, 7) is 0. The first-order valence-corrected chi connectivity index (χ1v) is 6.10. The van der Waals surface area contributed by atoms with Gasteiger partial charge >= 0.3 is 0 Å². The van der Waals surface area contributed by atoms with Gasteiger partial charge in [-0.3, -0.25) is 4.79 Å². The summed E-state index contributed by atoms with van der Waals surface area (Å²) in [5, 5.41) is 0. The molecule has 0 unspecified atom stereocenters. The molecule has 1 N–H and O–H groups in total. The zero-order valence-electron chi connectivity index (χ0n) is 10.5. The summed E-state index contributed by atoms with van der Waals surface area (Å²) in [6, 6.07) is 22.5. The Labute approximate surface area is 112 Å². The molecule has 3 aromatic rings. The molecule has 2 aromatic carbocycles. The molecule has 0 saturated heterocycles. The number of rotatable bonds is 2. The van der Waals surface area contributed by atoms with Crippen molar-refractivity contribution >= 4 is 5.78 Å². The van der Waals surface area contributed by atoms with Crippen LogP contribution in [0.25, 0.3) is 0 Å². The quantitative estimate of drug-likeness (QED) is 0.686. The molecular formula is C17H15NO. The van der Waals surface area contributed by atoms with Crippen LogP contribution in [0, 0.1) is 0 Å². The van der Waals surface area contributed by atoms with E-state index in [1.54, 1.807) is 0 Å². The molecule has 0 bridgehead atoms. The molecule has 0 aliphatic heterocycles. The largest absolute Gasteiger partial charge is 0.368 e. The Morgan fingerprint density at radius 3 is 1.37 bits per heavy atom. The summed E-state index contributed by atoms with van der Waals surface area (Å²) in [5.74, 6) is 0.0752. The van der Waals surface area contributed by atoms with E-state index in [1.165, 1.54) is 0 Å². The molecule has 0 amide bonds. The number of hydrogen-bond donors (Lipinski definition) is 1. The number of carbonyl (C=O) groups is 1. The normalized spacial score (nSPS) is 9.26. The minimum absolute atomic E-state index is 0.0752. The number of ketones is 1. The van der Waals surface area contributed by atoms with Crippen molar-refractivity contribution in [2.75, 3.05) is 0 Å². The van der Waals surface area contributed by atoms with E-state index in [0.29, 0.717) is 0 Å². The molecule has 1 heterocycles. The molecule has 2 heteroatoms. The summed E-state index contributed by atoms with van der Waals surface area (Å²) in [5.41, 5.74) is 1.47. The summed E-state index contributed by atoms with van der Waals surface area (Å²) >= 11 is 0. The van der Waals surface area contributed by atoms with Crippen molar-refractivity contribution in [3.63, 3.8) is 0 Å². The third kappa shape index (κ3) is 3.96. The van der Waals surface area contributed by atoms with E-state index in [1.807, 2.05) is 85.2 Å². The molecule has 0 aliphatic rings. The van der Waals surface area contributed by atoms with E-state index in [2.05, 4.69) is 4.98 Å². The first-order chi connectivity index (χ1) is 9.38. The second-order valence-corrected chi connectivity index (χ2v) is 3.95. The molecule has 3 rings (SSSR count). The average Bonchev–Trinajstić information content (AvgIpc) is 3.08. The number of aromatic amines is 1. The molecular weight excluding hydrogens is 234 g/mol. The maximum atomic E-state index is 11.8. The second kappa shape index (κ2) is 6.97. The van der Waals surface area contributed by atoms with Gasteiger partial charge in [-0.2, -0.15) is 0 Å². The van der Waals surface area contributed by atoms with Gasteiger partial charge in [0.2, 0.25) is 0 Å². The number of nitrogens with one attached hydrogen (secondary N) is 1. The Balaban J connectivity index is 0.000000224. The second-order valence-electron chi connectivity index (χ2n) is 3.95. The molecule has 0 spiro atoms. The maximum absolute atomic E-state index is 11.8. The van der Waals surface area contributed by atoms with Crippen LogP contribution in [0.1, 0.15) is 15.9 Å². The lowest BCUT2D eigenvalue weighted by molar-refractivity contribution is 0.103. The van der Waals surface area contributed by atoms with Gasteiger partial charge in [-0.25, -0.2) is 0 Å². The van der Waals surface area contributed by atoms with Crippen LogP contribution in [-0.2, 0) is 0 Å². The van der Waals surface area contributed by atoms with Crippen LogP contribution < -0.4 is 0 Å². The van der Waals surface area contributed by atoms with Crippen LogP contribution in [0.4, 0.5) is 0 Å². The van der Waals surface area contributed by atoms with E-state index in [0.717, 1.165) is 11.1 Å². The number of H-pyrrole nitrogens is 1. The molecule has 0 atom stereocenters. The minimum atomic E-state index is 0.0752. The molecule has 0 saturated carbocycles. The Kier molecular flexibility index (Phi) is 4.71. The van der Waals surface area contributed by atoms with Crippen molar-refractivity contribution < 1.29 is 4.79 Å².